The van der Waals surface area contributed by atoms with Gasteiger partial charge in [0.05, 0.1) is 31.0 Å². The standard InChI is InChI=1S/C10H15N3O2S/c1-8-6-9(12-10(11-8)16-14)7-13-2-4-15-5-3-13/h6,14H,2-5,7H2,1H3. The van der Waals surface area contributed by atoms with Crippen LogP contribution in [0.4, 0.5) is 0 Å². The van der Waals surface area contributed by atoms with Crippen LogP contribution in [-0.4, -0.2) is 45.7 Å². The van der Waals surface area contributed by atoms with Crippen LogP contribution in [0, 0.1) is 6.92 Å². The van der Waals surface area contributed by atoms with Gasteiger partial charge < -0.3 is 9.29 Å². The van der Waals surface area contributed by atoms with Crippen molar-refractivity contribution < 1.29 is 9.29 Å². The summed E-state index contributed by atoms with van der Waals surface area (Å²) < 4.78 is 14.2. The molecule has 1 aromatic heterocycles. The van der Waals surface area contributed by atoms with E-state index in [1.165, 1.54) is 0 Å². The second kappa shape index (κ2) is 5.58. The molecule has 0 amide bonds. The quantitative estimate of drug-likeness (QED) is 0.633. The van der Waals surface area contributed by atoms with Crippen molar-refractivity contribution in [1.29, 1.82) is 0 Å². The molecule has 88 valence electrons. The van der Waals surface area contributed by atoms with Crippen molar-refractivity contribution in [2.24, 2.45) is 0 Å². The van der Waals surface area contributed by atoms with Crippen molar-refractivity contribution in [3.05, 3.63) is 17.5 Å². The molecule has 0 spiro atoms. The van der Waals surface area contributed by atoms with Gasteiger partial charge in [-0.2, -0.15) is 0 Å². The molecule has 0 saturated carbocycles. The maximum absolute atomic E-state index is 8.95. The zero-order valence-electron chi connectivity index (χ0n) is 9.22. The molecule has 1 aliphatic heterocycles. The molecule has 1 aromatic rings. The Morgan fingerprint density at radius 1 is 1.44 bits per heavy atom. The van der Waals surface area contributed by atoms with Crippen LogP contribution in [0.15, 0.2) is 11.2 Å². The third-order valence-corrected chi connectivity index (χ3v) is 2.80. The fourth-order valence-corrected chi connectivity index (χ4v) is 2.06. The Balaban J connectivity index is 2.04. The molecule has 1 saturated heterocycles. The van der Waals surface area contributed by atoms with Crippen LogP contribution >= 0.6 is 12.0 Å². The summed E-state index contributed by atoms with van der Waals surface area (Å²) in [6.45, 7) is 6.14. The van der Waals surface area contributed by atoms with E-state index in [1.807, 2.05) is 13.0 Å². The minimum absolute atomic E-state index is 0.420. The number of hydrogen-bond acceptors (Lipinski definition) is 6. The fraction of sp³-hybridized carbons (Fsp3) is 0.600. The Morgan fingerprint density at radius 3 is 2.88 bits per heavy atom. The number of ether oxygens (including phenoxy) is 1. The van der Waals surface area contributed by atoms with Gasteiger partial charge in [0, 0.05) is 25.3 Å². The van der Waals surface area contributed by atoms with Crippen LogP contribution in [0.3, 0.4) is 0 Å². The topological polar surface area (TPSA) is 58.5 Å². The zero-order chi connectivity index (χ0) is 11.4. The Labute approximate surface area is 99.1 Å². The summed E-state index contributed by atoms with van der Waals surface area (Å²) in [6, 6.07) is 1.95. The van der Waals surface area contributed by atoms with Crippen LogP contribution in [-0.2, 0) is 11.3 Å². The summed E-state index contributed by atoms with van der Waals surface area (Å²) in [7, 11) is 0. The second-order valence-electron chi connectivity index (χ2n) is 3.76. The van der Waals surface area contributed by atoms with E-state index < -0.39 is 0 Å². The highest BCUT2D eigenvalue weighted by Gasteiger charge is 2.12. The van der Waals surface area contributed by atoms with Gasteiger partial charge in [-0.3, -0.25) is 4.90 Å². The summed E-state index contributed by atoms with van der Waals surface area (Å²) in [5.41, 5.74) is 1.83. The predicted octanol–water partition coefficient (Wildman–Crippen LogP) is 1.18. The Hall–Kier alpha value is -0.690. The van der Waals surface area contributed by atoms with Crippen LogP contribution in [0.2, 0.25) is 0 Å². The summed E-state index contributed by atoms with van der Waals surface area (Å²) >= 11 is 0.594. The van der Waals surface area contributed by atoms with E-state index in [2.05, 4.69) is 14.9 Å². The Kier molecular flexibility index (Phi) is 4.11. The molecular weight excluding hydrogens is 226 g/mol. The maximum atomic E-state index is 8.95. The molecule has 2 heterocycles. The van der Waals surface area contributed by atoms with Crippen LogP contribution < -0.4 is 0 Å². The molecule has 0 radical (unpaired) electrons. The van der Waals surface area contributed by atoms with Gasteiger partial charge in [0.25, 0.3) is 0 Å². The van der Waals surface area contributed by atoms with Crippen LogP contribution in [0.1, 0.15) is 11.4 Å². The number of rotatable bonds is 3. The first kappa shape index (κ1) is 11.8. The molecule has 16 heavy (non-hydrogen) atoms. The largest absolute Gasteiger partial charge is 0.379 e. The third kappa shape index (κ3) is 3.15. The third-order valence-electron chi connectivity index (χ3n) is 2.46. The fourth-order valence-electron chi connectivity index (χ4n) is 1.71. The van der Waals surface area contributed by atoms with E-state index >= 15 is 0 Å². The van der Waals surface area contributed by atoms with Crippen LogP contribution in [0.5, 0.6) is 0 Å². The summed E-state index contributed by atoms with van der Waals surface area (Å²) in [5.74, 6) is 0. The van der Waals surface area contributed by atoms with Crippen molar-refractivity contribution >= 4 is 12.0 Å². The van der Waals surface area contributed by atoms with E-state index in [9.17, 15) is 0 Å². The average Bonchev–Trinajstić information content (AvgIpc) is 2.29. The van der Waals surface area contributed by atoms with Gasteiger partial charge in [-0.15, -0.1) is 0 Å². The Morgan fingerprint density at radius 2 is 2.19 bits per heavy atom. The van der Waals surface area contributed by atoms with Crippen molar-refractivity contribution in [2.45, 2.75) is 18.6 Å². The smallest absolute Gasteiger partial charge is 0.215 e. The highest BCUT2D eigenvalue weighted by atomic mass is 32.2. The van der Waals surface area contributed by atoms with E-state index in [0.29, 0.717) is 17.2 Å². The Bertz CT molecular complexity index is 356. The predicted molar refractivity (Wildman–Crippen MR) is 61.4 cm³/mol. The first-order chi connectivity index (χ1) is 7.78. The minimum Gasteiger partial charge on any atom is -0.379 e. The lowest BCUT2D eigenvalue weighted by Crippen LogP contribution is -2.35. The van der Waals surface area contributed by atoms with Crippen molar-refractivity contribution in [1.82, 2.24) is 14.9 Å². The average molecular weight is 241 g/mol. The van der Waals surface area contributed by atoms with E-state index in [4.69, 9.17) is 9.29 Å². The molecule has 1 fully saturated rings. The number of aromatic nitrogens is 2. The molecule has 1 aliphatic rings. The van der Waals surface area contributed by atoms with E-state index in [1.54, 1.807) is 0 Å². The summed E-state index contributed by atoms with van der Waals surface area (Å²) in [5, 5.41) is 0.420. The molecule has 0 aromatic carbocycles. The lowest BCUT2D eigenvalue weighted by atomic mass is 10.3. The van der Waals surface area contributed by atoms with Gasteiger partial charge in [0.1, 0.15) is 0 Å². The highest BCUT2D eigenvalue weighted by Crippen LogP contribution is 2.12. The van der Waals surface area contributed by atoms with Crippen molar-refractivity contribution in [3.8, 4) is 0 Å². The van der Waals surface area contributed by atoms with Gasteiger partial charge in [-0.05, 0) is 13.0 Å². The molecule has 6 heteroatoms. The number of morpholine rings is 1. The molecule has 5 nitrogen and oxygen atoms in total. The highest BCUT2D eigenvalue weighted by molar-refractivity contribution is 7.93. The van der Waals surface area contributed by atoms with Gasteiger partial charge in [0.15, 0.2) is 0 Å². The summed E-state index contributed by atoms with van der Waals surface area (Å²) in [4.78, 5) is 10.7. The van der Waals surface area contributed by atoms with Crippen molar-refractivity contribution in [2.75, 3.05) is 26.3 Å². The lowest BCUT2D eigenvalue weighted by molar-refractivity contribution is 0.0335. The van der Waals surface area contributed by atoms with Gasteiger partial charge in [-0.1, -0.05) is 0 Å². The maximum Gasteiger partial charge on any atom is 0.215 e. The summed E-state index contributed by atoms with van der Waals surface area (Å²) in [6.07, 6.45) is 0. The van der Waals surface area contributed by atoms with Gasteiger partial charge in [-0.25, -0.2) is 9.97 Å². The van der Waals surface area contributed by atoms with Gasteiger partial charge >= 0.3 is 0 Å². The molecule has 2 rings (SSSR count). The molecular formula is C10H15N3O2S. The van der Waals surface area contributed by atoms with E-state index in [-0.39, 0.29) is 0 Å². The first-order valence-electron chi connectivity index (χ1n) is 5.24. The number of aryl methyl sites for hydroxylation is 1. The number of hydrogen-bond donors (Lipinski definition) is 1. The second-order valence-corrected chi connectivity index (χ2v) is 4.31. The van der Waals surface area contributed by atoms with Crippen LogP contribution in [0.25, 0.3) is 0 Å². The monoisotopic (exact) mass is 241 g/mol. The van der Waals surface area contributed by atoms with Gasteiger partial charge in [0.2, 0.25) is 5.16 Å². The lowest BCUT2D eigenvalue weighted by Gasteiger charge is -2.26. The first-order valence-corrected chi connectivity index (χ1v) is 6.01. The van der Waals surface area contributed by atoms with E-state index in [0.717, 1.165) is 44.2 Å². The normalized spacial score (nSPS) is 17.6. The minimum atomic E-state index is 0.420. The molecule has 0 unspecified atom stereocenters. The van der Waals surface area contributed by atoms with Crippen molar-refractivity contribution in [3.63, 3.8) is 0 Å². The molecule has 0 bridgehead atoms. The molecule has 0 aliphatic carbocycles. The molecule has 0 atom stereocenters. The number of nitrogens with zero attached hydrogens (tertiary/aromatic N) is 3. The zero-order valence-corrected chi connectivity index (χ0v) is 10.0. The molecule has 1 N–H and O–H groups in total. The SMILES string of the molecule is Cc1cc(CN2CCOCC2)nc(SO)n1.